The number of hydrogen-bond donors (Lipinski definition) is 3. The molecule has 3 rings (SSSR count). The second kappa shape index (κ2) is 5.50. The number of benzene rings is 1. The van der Waals surface area contributed by atoms with Gasteiger partial charge < -0.3 is 21.5 Å². The smallest absolute Gasteiger partial charge is 0.193 e. The van der Waals surface area contributed by atoms with Gasteiger partial charge in [-0.3, -0.25) is 0 Å². The molecule has 0 radical (unpaired) electrons. The van der Waals surface area contributed by atoms with Crippen molar-refractivity contribution >= 4 is 23.0 Å². The van der Waals surface area contributed by atoms with Crippen molar-refractivity contribution in [3.05, 3.63) is 41.0 Å². The lowest BCUT2D eigenvalue weighted by Crippen LogP contribution is -2.50. The van der Waals surface area contributed by atoms with Crippen molar-refractivity contribution in [2.45, 2.75) is 25.1 Å². The summed E-state index contributed by atoms with van der Waals surface area (Å²) in [6.07, 6.45) is -0.228. The minimum atomic E-state index is -0.678. The first-order chi connectivity index (χ1) is 10.8. The molecule has 1 aliphatic rings. The summed E-state index contributed by atoms with van der Waals surface area (Å²) in [6.45, 7) is 1.95. The maximum Gasteiger partial charge on any atom is 0.193 e. The summed E-state index contributed by atoms with van der Waals surface area (Å²) in [7, 11) is 1.71. The summed E-state index contributed by atoms with van der Waals surface area (Å²) in [5, 5.41) is 12.1. The average Bonchev–Trinajstić information content (AvgIpc) is 2.98. The maximum absolute atomic E-state index is 13.3. The second-order valence-corrected chi connectivity index (χ2v) is 6.89. The SMILES string of the molecule is CN1C(N)=N[C@](C)(c2csc(-c3ccc(F)c(N)c3)c2)CC1O. The molecule has 5 nitrogen and oxygen atoms in total. The fourth-order valence-corrected chi connectivity index (χ4v) is 3.71. The third-order valence-corrected chi connectivity index (χ3v) is 5.23. The van der Waals surface area contributed by atoms with Crippen LogP contribution in [0.3, 0.4) is 0 Å². The summed E-state index contributed by atoms with van der Waals surface area (Å²) in [6, 6.07) is 6.67. The standard InChI is InChI=1S/C16H19FN4OS/c1-16(7-14(22)21(2)15(19)20-16)10-6-13(23-8-10)9-3-4-11(17)12(18)5-9/h3-6,8,14,22H,7,18H2,1-2H3,(H2,19,20)/t14?,16-/m0/s1. The van der Waals surface area contributed by atoms with Gasteiger partial charge in [0.2, 0.25) is 0 Å². The van der Waals surface area contributed by atoms with E-state index in [9.17, 15) is 9.50 Å². The van der Waals surface area contributed by atoms with Gasteiger partial charge in [-0.05, 0) is 41.6 Å². The molecular weight excluding hydrogens is 315 g/mol. The molecule has 5 N–H and O–H groups in total. The quantitative estimate of drug-likeness (QED) is 0.736. The van der Waals surface area contributed by atoms with Crippen LogP contribution >= 0.6 is 11.3 Å². The molecule has 2 atom stereocenters. The number of guanidine groups is 1. The van der Waals surface area contributed by atoms with Gasteiger partial charge in [-0.1, -0.05) is 6.07 Å². The normalized spacial score (nSPS) is 24.6. The Morgan fingerprint density at radius 1 is 1.39 bits per heavy atom. The van der Waals surface area contributed by atoms with Crippen LogP contribution in [0.15, 0.2) is 34.6 Å². The molecular formula is C16H19FN4OS. The molecule has 0 aliphatic carbocycles. The number of halogens is 1. The molecule has 122 valence electrons. The van der Waals surface area contributed by atoms with E-state index in [-0.39, 0.29) is 5.69 Å². The van der Waals surface area contributed by atoms with Crippen molar-refractivity contribution in [3.63, 3.8) is 0 Å². The molecule has 1 aromatic heterocycles. The molecule has 0 spiro atoms. The first-order valence-corrected chi connectivity index (χ1v) is 8.09. The predicted octanol–water partition coefficient (Wildman–Crippen LogP) is 2.32. The Balaban J connectivity index is 1.97. The number of aliphatic hydroxyl groups is 1. The molecule has 0 bridgehead atoms. The molecule has 0 saturated carbocycles. The Morgan fingerprint density at radius 2 is 2.13 bits per heavy atom. The van der Waals surface area contributed by atoms with Crippen molar-refractivity contribution in [1.82, 2.24) is 4.90 Å². The lowest BCUT2D eigenvalue weighted by Gasteiger charge is -2.38. The summed E-state index contributed by atoms with van der Waals surface area (Å²) in [4.78, 5) is 7.06. The molecule has 2 aromatic rings. The topological polar surface area (TPSA) is 87.9 Å². The Bertz CT molecular complexity index is 775. The van der Waals surface area contributed by atoms with Crippen LogP contribution in [-0.2, 0) is 5.54 Å². The van der Waals surface area contributed by atoms with Crippen molar-refractivity contribution in [2.75, 3.05) is 12.8 Å². The molecule has 2 heterocycles. The van der Waals surface area contributed by atoms with Crippen LogP contribution in [-0.4, -0.2) is 29.2 Å². The van der Waals surface area contributed by atoms with Crippen LogP contribution < -0.4 is 11.5 Å². The Hall–Kier alpha value is -2.12. The highest BCUT2D eigenvalue weighted by Gasteiger charge is 2.36. The zero-order valence-corrected chi connectivity index (χ0v) is 13.8. The molecule has 0 amide bonds. The molecule has 7 heteroatoms. The van der Waals surface area contributed by atoms with E-state index >= 15 is 0 Å². The van der Waals surface area contributed by atoms with Crippen molar-refractivity contribution in [2.24, 2.45) is 10.7 Å². The van der Waals surface area contributed by atoms with Gasteiger partial charge in [-0.25, -0.2) is 9.38 Å². The number of anilines is 1. The molecule has 1 aromatic carbocycles. The minimum absolute atomic E-state index is 0.126. The van der Waals surface area contributed by atoms with Gasteiger partial charge in [0.1, 0.15) is 12.0 Å². The number of nitrogens with two attached hydrogens (primary N) is 2. The second-order valence-electron chi connectivity index (χ2n) is 5.98. The monoisotopic (exact) mass is 334 g/mol. The molecule has 0 fully saturated rings. The van der Waals surface area contributed by atoms with Crippen LogP contribution in [0.4, 0.5) is 10.1 Å². The highest BCUT2D eigenvalue weighted by molar-refractivity contribution is 7.13. The van der Waals surface area contributed by atoms with Gasteiger partial charge in [0.15, 0.2) is 5.96 Å². The van der Waals surface area contributed by atoms with E-state index in [1.54, 1.807) is 24.1 Å². The Labute approximate surface area is 138 Å². The van der Waals surface area contributed by atoms with E-state index < -0.39 is 17.6 Å². The average molecular weight is 334 g/mol. The van der Waals surface area contributed by atoms with E-state index in [0.29, 0.717) is 12.4 Å². The third kappa shape index (κ3) is 2.77. The lowest BCUT2D eigenvalue weighted by molar-refractivity contribution is 0.0293. The van der Waals surface area contributed by atoms with E-state index in [4.69, 9.17) is 11.5 Å². The van der Waals surface area contributed by atoms with E-state index in [2.05, 4.69) is 4.99 Å². The number of aliphatic hydroxyl groups excluding tert-OH is 1. The number of nitrogens with zero attached hydrogens (tertiary/aromatic N) is 2. The third-order valence-electron chi connectivity index (χ3n) is 4.25. The summed E-state index contributed by atoms with van der Waals surface area (Å²) >= 11 is 1.53. The van der Waals surface area contributed by atoms with Gasteiger partial charge >= 0.3 is 0 Å². The van der Waals surface area contributed by atoms with Gasteiger partial charge in [0, 0.05) is 18.3 Å². The number of thiophene rings is 1. The highest BCUT2D eigenvalue weighted by atomic mass is 32.1. The fourth-order valence-electron chi connectivity index (χ4n) is 2.67. The molecule has 1 aliphatic heterocycles. The molecule has 23 heavy (non-hydrogen) atoms. The molecule has 0 saturated heterocycles. The Kier molecular flexibility index (Phi) is 3.77. The largest absolute Gasteiger partial charge is 0.396 e. The van der Waals surface area contributed by atoms with Crippen LogP contribution in [0.5, 0.6) is 0 Å². The first-order valence-electron chi connectivity index (χ1n) is 7.21. The summed E-state index contributed by atoms with van der Waals surface area (Å²) < 4.78 is 13.3. The van der Waals surface area contributed by atoms with E-state index in [1.807, 2.05) is 18.4 Å². The van der Waals surface area contributed by atoms with Crippen LogP contribution in [0.1, 0.15) is 18.9 Å². The van der Waals surface area contributed by atoms with Gasteiger partial charge in [-0.15, -0.1) is 11.3 Å². The minimum Gasteiger partial charge on any atom is -0.396 e. The van der Waals surface area contributed by atoms with E-state index in [0.717, 1.165) is 16.0 Å². The van der Waals surface area contributed by atoms with Crippen molar-refractivity contribution in [1.29, 1.82) is 0 Å². The van der Waals surface area contributed by atoms with Crippen molar-refractivity contribution in [3.8, 4) is 10.4 Å². The highest BCUT2D eigenvalue weighted by Crippen LogP contribution is 2.39. The number of nitrogen functional groups attached to an aromatic ring is 1. The predicted molar refractivity (Wildman–Crippen MR) is 91.5 cm³/mol. The van der Waals surface area contributed by atoms with Gasteiger partial charge in [0.05, 0.1) is 11.2 Å². The zero-order chi connectivity index (χ0) is 16.8. The fraction of sp³-hybridized carbons (Fsp3) is 0.312. The van der Waals surface area contributed by atoms with E-state index in [1.165, 1.54) is 17.4 Å². The summed E-state index contributed by atoms with van der Waals surface area (Å²) in [5.74, 6) is -0.113. The first kappa shape index (κ1) is 15.8. The Morgan fingerprint density at radius 3 is 2.78 bits per heavy atom. The summed E-state index contributed by atoms with van der Waals surface area (Å²) in [5.41, 5.74) is 12.9. The lowest BCUT2D eigenvalue weighted by atomic mass is 9.88. The van der Waals surface area contributed by atoms with Crippen LogP contribution in [0.2, 0.25) is 0 Å². The zero-order valence-electron chi connectivity index (χ0n) is 13.0. The van der Waals surface area contributed by atoms with Crippen LogP contribution in [0, 0.1) is 5.82 Å². The molecule has 1 unspecified atom stereocenters. The maximum atomic E-state index is 13.3. The van der Waals surface area contributed by atoms with Crippen LogP contribution in [0.25, 0.3) is 10.4 Å². The van der Waals surface area contributed by atoms with Gasteiger partial charge in [-0.2, -0.15) is 0 Å². The van der Waals surface area contributed by atoms with Gasteiger partial charge in [0.25, 0.3) is 0 Å². The number of aliphatic imine (C=N–C) groups is 1. The number of hydrogen-bond acceptors (Lipinski definition) is 6. The number of rotatable bonds is 2. The van der Waals surface area contributed by atoms with Crippen molar-refractivity contribution < 1.29 is 9.50 Å².